The molecule has 1 aliphatic rings. The topological polar surface area (TPSA) is 79.5 Å². The molecule has 3 amide bonds. The van der Waals surface area contributed by atoms with Crippen molar-refractivity contribution < 1.29 is 14.3 Å². The Morgan fingerprint density at radius 3 is 3.00 bits per heavy atom. The molecular formula is C15H15N3O3S. The molecule has 2 heterocycles. The van der Waals surface area contributed by atoms with Gasteiger partial charge in [0.2, 0.25) is 0 Å². The van der Waals surface area contributed by atoms with E-state index in [4.69, 9.17) is 4.74 Å². The molecule has 0 atom stereocenters. The van der Waals surface area contributed by atoms with Crippen LogP contribution >= 0.6 is 11.3 Å². The molecule has 0 aliphatic carbocycles. The van der Waals surface area contributed by atoms with E-state index in [1.54, 1.807) is 29.5 Å². The Labute approximate surface area is 131 Å². The predicted octanol–water partition coefficient (Wildman–Crippen LogP) is 2.71. The lowest BCUT2D eigenvalue weighted by atomic mass is 10.2. The number of carbonyl (C=O) groups is 2. The lowest BCUT2D eigenvalue weighted by molar-refractivity contribution is -0.118. The van der Waals surface area contributed by atoms with Crippen LogP contribution in [-0.4, -0.2) is 18.5 Å². The molecule has 3 N–H and O–H groups in total. The summed E-state index contributed by atoms with van der Waals surface area (Å²) in [5, 5.41) is 8.24. The molecule has 1 aromatic carbocycles. The SMILES string of the molecule is Cc1ccc(CNC(=O)Nc2ccc3c(c2)OCC(=O)N3)s1. The van der Waals surface area contributed by atoms with E-state index in [0.29, 0.717) is 23.7 Å². The van der Waals surface area contributed by atoms with Crippen LogP contribution in [0.25, 0.3) is 0 Å². The maximum absolute atomic E-state index is 11.9. The van der Waals surface area contributed by atoms with Crippen LogP contribution in [0.3, 0.4) is 0 Å². The van der Waals surface area contributed by atoms with Crippen LogP contribution < -0.4 is 20.7 Å². The van der Waals surface area contributed by atoms with Crippen LogP contribution in [0.1, 0.15) is 9.75 Å². The Hall–Kier alpha value is -2.54. The molecule has 22 heavy (non-hydrogen) atoms. The number of fused-ring (bicyclic) bond motifs is 1. The second-order valence-corrected chi connectivity index (χ2v) is 6.24. The van der Waals surface area contributed by atoms with Crippen molar-refractivity contribution in [3.05, 3.63) is 40.1 Å². The zero-order valence-corrected chi connectivity index (χ0v) is 12.8. The van der Waals surface area contributed by atoms with Gasteiger partial charge < -0.3 is 20.7 Å². The highest BCUT2D eigenvalue weighted by molar-refractivity contribution is 7.11. The van der Waals surface area contributed by atoms with E-state index in [-0.39, 0.29) is 18.5 Å². The minimum absolute atomic E-state index is 0.0135. The number of carbonyl (C=O) groups excluding carboxylic acids is 2. The molecule has 1 aromatic heterocycles. The van der Waals surface area contributed by atoms with Crippen LogP contribution in [0.5, 0.6) is 5.75 Å². The van der Waals surface area contributed by atoms with Gasteiger partial charge in [0.15, 0.2) is 6.61 Å². The van der Waals surface area contributed by atoms with Crippen molar-refractivity contribution in [3.8, 4) is 5.75 Å². The average Bonchev–Trinajstić information content (AvgIpc) is 2.91. The molecule has 0 saturated heterocycles. The Balaban J connectivity index is 1.58. The number of hydrogen-bond acceptors (Lipinski definition) is 4. The Morgan fingerprint density at radius 1 is 1.36 bits per heavy atom. The Morgan fingerprint density at radius 2 is 2.23 bits per heavy atom. The zero-order valence-electron chi connectivity index (χ0n) is 11.9. The highest BCUT2D eigenvalue weighted by atomic mass is 32.1. The van der Waals surface area contributed by atoms with Crippen LogP contribution in [0.15, 0.2) is 30.3 Å². The summed E-state index contributed by atoms with van der Waals surface area (Å²) in [6, 6.07) is 8.83. The van der Waals surface area contributed by atoms with Crippen molar-refractivity contribution in [1.29, 1.82) is 0 Å². The number of thiophene rings is 1. The fourth-order valence-electron chi connectivity index (χ4n) is 2.08. The zero-order chi connectivity index (χ0) is 15.5. The lowest BCUT2D eigenvalue weighted by Gasteiger charge is -2.18. The van der Waals surface area contributed by atoms with Crippen LogP contribution in [0.2, 0.25) is 0 Å². The van der Waals surface area contributed by atoms with Crippen LogP contribution in [-0.2, 0) is 11.3 Å². The van der Waals surface area contributed by atoms with E-state index in [1.165, 1.54) is 4.88 Å². The maximum atomic E-state index is 11.9. The monoisotopic (exact) mass is 317 g/mol. The van der Waals surface area contributed by atoms with Gasteiger partial charge in [0, 0.05) is 21.5 Å². The third kappa shape index (κ3) is 3.37. The van der Waals surface area contributed by atoms with Crippen molar-refractivity contribution in [2.75, 3.05) is 17.2 Å². The minimum atomic E-state index is -0.286. The number of benzene rings is 1. The summed E-state index contributed by atoms with van der Waals surface area (Å²) in [4.78, 5) is 25.4. The van der Waals surface area contributed by atoms with Crippen molar-refractivity contribution in [3.63, 3.8) is 0 Å². The smallest absolute Gasteiger partial charge is 0.319 e. The molecule has 0 bridgehead atoms. The molecule has 3 rings (SSSR count). The first-order valence-corrected chi connectivity index (χ1v) is 7.59. The molecule has 1 aliphatic heterocycles. The third-order valence-electron chi connectivity index (χ3n) is 3.09. The fourth-order valence-corrected chi connectivity index (χ4v) is 2.91. The van der Waals surface area contributed by atoms with E-state index in [9.17, 15) is 9.59 Å². The van der Waals surface area contributed by atoms with Gasteiger partial charge in [-0.25, -0.2) is 4.79 Å². The van der Waals surface area contributed by atoms with Crippen molar-refractivity contribution in [1.82, 2.24) is 5.32 Å². The van der Waals surface area contributed by atoms with E-state index >= 15 is 0 Å². The minimum Gasteiger partial charge on any atom is -0.482 e. The van der Waals surface area contributed by atoms with Crippen molar-refractivity contribution in [2.45, 2.75) is 13.5 Å². The number of aryl methyl sites for hydroxylation is 1. The van der Waals surface area contributed by atoms with Crippen molar-refractivity contribution >= 4 is 34.6 Å². The number of nitrogens with one attached hydrogen (secondary N) is 3. The molecule has 0 fully saturated rings. The van der Waals surface area contributed by atoms with Gasteiger partial charge in [0.05, 0.1) is 12.2 Å². The molecule has 7 heteroatoms. The Bertz CT molecular complexity index is 727. The summed E-state index contributed by atoms with van der Waals surface area (Å²) in [6.07, 6.45) is 0. The molecule has 114 valence electrons. The highest BCUT2D eigenvalue weighted by Crippen LogP contribution is 2.30. The van der Waals surface area contributed by atoms with Gasteiger partial charge in [0.1, 0.15) is 5.75 Å². The predicted molar refractivity (Wildman–Crippen MR) is 85.5 cm³/mol. The fraction of sp³-hybridized carbons (Fsp3) is 0.200. The first kappa shape index (κ1) is 14.4. The van der Waals surface area contributed by atoms with Gasteiger partial charge in [-0.2, -0.15) is 0 Å². The van der Waals surface area contributed by atoms with E-state index < -0.39 is 0 Å². The van der Waals surface area contributed by atoms with E-state index in [0.717, 1.165) is 4.88 Å². The van der Waals surface area contributed by atoms with E-state index in [2.05, 4.69) is 16.0 Å². The largest absolute Gasteiger partial charge is 0.482 e. The molecule has 0 unspecified atom stereocenters. The molecule has 0 saturated carbocycles. The molecule has 0 radical (unpaired) electrons. The van der Waals surface area contributed by atoms with Crippen LogP contribution in [0.4, 0.5) is 16.2 Å². The van der Waals surface area contributed by atoms with Gasteiger partial charge in [-0.15, -0.1) is 11.3 Å². The number of hydrogen-bond donors (Lipinski definition) is 3. The van der Waals surface area contributed by atoms with Gasteiger partial charge in [-0.1, -0.05) is 0 Å². The highest BCUT2D eigenvalue weighted by Gasteiger charge is 2.16. The summed E-state index contributed by atoms with van der Waals surface area (Å²) in [5.41, 5.74) is 1.21. The first-order chi connectivity index (χ1) is 10.6. The number of amides is 3. The Kier molecular flexibility index (Phi) is 3.97. The second-order valence-electron chi connectivity index (χ2n) is 4.87. The third-order valence-corrected chi connectivity index (χ3v) is 4.09. The number of ether oxygens (including phenoxy) is 1. The standard InChI is InChI=1S/C15H15N3O3S/c1-9-2-4-11(22-9)7-16-15(20)17-10-3-5-12-13(6-10)21-8-14(19)18-12/h2-6H,7-8H2,1H3,(H,18,19)(H2,16,17,20). The first-order valence-electron chi connectivity index (χ1n) is 6.77. The summed E-state index contributed by atoms with van der Waals surface area (Å²) in [6.45, 7) is 2.50. The van der Waals surface area contributed by atoms with Gasteiger partial charge >= 0.3 is 6.03 Å². The number of anilines is 2. The van der Waals surface area contributed by atoms with Crippen molar-refractivity contribution in [2.24, 2.45) is 0 Å². The number of rotatable bonds is 3. The number of urea groups is 1. The summed E-state index contributed by atoms with van der Waals surface area (Å²) in [5.74, 6) is 0.364. The normalized spacial score (nSPS) is 12.9. The van der Waals surface area contributed by atoms with Gasteiger partial charge in [-0.05, 0) is 31.2 Å². The second kappa shape index (κ2) is 6.07. The van der Waals surface area contributed by atoms with Crippen LogP contribution in [0, 0.1) is 6.92 Å². The van der Waals surface area contributed by atoms with Gasteiger partial charge in [0.25, 0.3) is 5.91 Å². The molecule has 2 aromatic rings. The summed E-state index contributed by atoms with van der Waals surface area (Å²) >= 11 is 1.65. The quantitative estimate of drug-likeness (QED) is 0.814. The molecule has 6 nitrogen and oxygen atoms in total. The van der Waals surface area contributed by atoms with E-state index in [1.807, 2.05) is 19.1 Å². The lowest BCUT2D eigenvalue weighted by Crippen LogP contribution is -2.28. The maximum Gasteiger partial charge on any atom is 0.319 e. The van der Waals surface area contributed by atoms with Gasteiger partial charge in [-0.3, -0.25) is 4.79 Å². The molecular weight excluding hydrogens is 302 g/mol. The molecule has 0 spiro atoms. The average molecular weight is 317 g/mol. The summed E-state index contributed by atoms with van der Waals surface area (Å²) in [7, 11) is 0. The summed E-state index contributed by atoms with van der Waals surface area (Å²) < 4.78 is 5.31.